The molecule has 4 heteroatoms. The van der Waals surface area contributed by atoms with Crippen molar-refractivity contribution in [1.82, 2.24) is 10.2 Å². The Morgan fingerprint density at radius 3 is 2.82 bits per heavy atom. The van der Waals surface area contributed by atoms with Crippen molar-refractivity contribution in [3.8, 4) is 0 Å². The van der Waals surface area contributed by atoms with Crippen LogP contribution in [0.4, 0.5) is 0 Å². The van der Waals surface area contributed by atoms with E-state index >= 15 is 0 Å². The van der Waals surface area contributed by atoms with Gasteiger partial charge in [0.2, 0.25) is 5.91 Å². The number of carbonyl (C=O) groups is 1. The van der Waals surface area contributed by atoms with E-state index in [0.29, 0.717) is 12.6 Å². The van der Waals surface area contributed by atoms with Crippen LogP contribution in [-0.2, 0) is 9.53 Å². The highest BCUT2D eigenvalue weighted by Crippen LogP contribution is 2.14. The lowest BCUT2D eigenvalue weighted by Gasteiger charge is -2.23. The van der Waals surface area contributed by atoms with E-state index < -0.39 is 0 Å². The van der Waals surface area contributed by atoms with E-state index in [0.717, 1.165) is 19.6 Å². The SMILES string of the molecule is CC(C)N(C)C(=O)CNCCC1CCCCO1. The van der Waals surface area contributed by atoms with Crippen molar-refractivity contribution in [3.05, 3.63) is 0 Å². The third-order valence-electron chi connectivity index (χ3n) is 3.36. The average molecular weight is 242 g/mol. The molecule has 1 amide bonds. The quantitative estimate of drug-likeness (QED) is 0.716. The van der Waals surface area contributed by atoms with E-state index in [1.54, 1.807) is 4.90 Å². The van der Waals surface area contributed by atoms with Crippen molar-refractivity contribution in [2.24, 2.45) is 0 Å². The van der Waals surface area contributed by atoms with Crippen molar-refractivity contribution in [2.75, 3.05) is 26.7 Å². The fraction of sp³-hybridized carbons (Fsp3) is 0.923. The number of ether oxygens (including phenoxy) is 1. The molecule has 1 atom stereocenters. The smallest absolute Gasteiger partial charge is 0.236 e. The number of likely N-dealkylation sites (N-methyl/N-ethyl adjacent to an activating group) is 1. The lowest BCUT2D eigenvalue weighted by Crippen LogP contribution is -2.40. The zero-order valence-corrected chi connectivity index (χ0v) is 11.4. The monoisotopic (exact) mass is 242 g/mol. The van der Waals surface area contributed by atoms with Gasteiger partial charge in [0.15, 0.2) is 0 Å². The van der Waals surface area contributed by atoms with Gasteiger partial charge in [0.25, 0.3) is 0 Å². The highest BCUT2D eigenvalue weighted by Gasteiger charge is 2.14. The lowest BCUT2D eigenvalue weighted by molar-refractivity contribution is -0.130. The van der Waals surface area contributed by atoms with Gasteiger partial charge in [-0.15, -0.1) is 0 Å². The molecule has 0 saturated carbocycles. The van der Waals surface area contributed by atoms with E-state index in [9.17, 15) is 4.79 Å². The molecule has 0 aromatic carbocycles. The van der Waals surface area contributed by atoms with Crippen molar-refractivity contribution in [2.45, 2.75) is 51.7 Å². The van der Waals surface area contributed by atoms with Gasteiger partial charge in [-0.3, -0.25) is 4.79 Å². The summed E-state index contributed by atoms with van der Waals surface area (Å²) in [5.74, 6) is 0.157. The first-order chi connectivity index (χ1) is 8.11. The molecule has 0 aromatic heterocycles. The Morgan fingerprint density at radius 1 is 1.47 bits per heavy atom. The third-order valence-corrected chi connectivity index (χ3v) is 3.36. The minimum atomic E-state index is 0.157. The minimum Gasteiger partial charge on any atom is -0.378 e. The first kappa shape index (κ1) is 14.5. The summed E-state index contributed by atoms with van der Waals surface area (Å²) in [6, 6.07) is 0.269. The molecule has 4 nitrogen and oxygen atoms in total. The summed E-state index contributed by atoms with van der Waals surface area (Å²) in [4.78, 5) is 13.4. The van der Waals surface area contributed by atoms with E-state index in [4.69, 9.17) is 4.74 Å². The van der Waals surface area contributed by atoms with Gasteiger partial charge in [-0.1, -0.05) is 0 Å². The van der Waals surface area contributed by atoms with E-state index in [-0.39, 0.29) is 11.9 Å². The van der Waals surface area contributed by atoms with Crippen LogP contribution in [0, 0.1) is 0 Å². The Hall–Kier alpha value is -0.610. The molecule has 1 heterocycles. The summed E-state index contributed by atoms with van der Waals surface area (Å²) < 4.78 is 5.64. The summed E-state index contributed by atoms with van der Waals surface area (Å²) in [5, 5.41) is 3.20. The molecule has 0 aliphatic carbocycles. The summed E-state index contributed by atoms with van der Waals surface area (Å²) in [7, 11) is 1.85. The number of nitrogens with one attached hydrogen (secondary N) is 1. The fourth-order valence-electron chi connectivity index (χ4n) is 1.91. The van der Waals surface area contributed by atoms with Gasteiger partial charge in [0, 0.05) is 19.7 Å². The molecule has 0 radical (unpaired) electrons. The van der Waals surface area contributed by atoms with Crippen molar-refractivity contribution in [3.63, 3.8) is 0 Å². The second-order valence-corrected chi connectivity index (χ2v) is 5.05. The maximum Gasteiger partial charge on any atom is 0.236 e. The van der Waals surface area contributed by atoms with Crippen LogP contribution < -0.4 is 5.32 Å². The Bertz CT molecular complexity index is 225. The number of carbonyl (C=O) groups excluding carboxylic acids is 1. The minimum absolute atomic E-state index is 0.157. The van der Waals surface area contributed by atoms with Crippen LogP contribution in [0.25, 0.3) is 0 Å². The highest BCUT2D eigenvalue weighted by atomic mass is 16.5. The summed E-state index contributed by atoms with van der Waals surface area (Å²) in [6.07, 6.45) is 5.05. The summed E-state index contributed by atoms with van der Waals surface area (Å²) >= 11 is 0. The fourth-order valence-corrected chi connectivity index (χ4v) is 1.91. The molecular formula is C13H26N2O2. The van der Waals surface area contributed by atoms with Crippen molar-refractivity contribution < 1.29 is 9.53 Å². The number of hydrogen-bond acceptors (Lipinski definition) is 3. The largest absolute Gasteiger partial charge is 0.378 e. The molecule has 0 bridgehead atoms. The van der Waals surface area contributed by atoms with Gasteiger partial charge in [0.05, 0.1) is 12.6 Å². The molecule has 1 aliphatic heterocycles. The second kappa shape index (κ2) is 7.67. The normalized spacial score (nSPS) is 20.6. The third kappa shape index (κ3) is 5.50. The molecule has 1 saturated heterocycles. The topological polar surface area (TPSA) is 41.6 Å². The van der Waals surface area contributed by atoms with Crippen LogP contribution >= 0.6 is 0 Å². The summed E-state index contributed by atoms with van der Waals surface area (Å²) in [6.45, 7) is 6.24. The zero-order chi connectivity index (χ0) is 12.7. The number of hydrogen-bond donors (Lipinski definition) is 1. The molecule has 1 rings (SSSR count). The Morgan fingerprint density at radius 2 is 2.24 bits per heavy atom. The Balaban J connectivity index is 2.05. The lowest BCUT2D eigenvalue weighted by atomic mass is 10.1. The number of nitrogens with zero attached hydrogens (tertiary/aromatic N) is 1. The molecule has 1 N–H and O–H groups in total. The molecule has 1 unspecified atom stereocenters. The molecule has 0 spiro atoms. The Labute approximate surface area is 105 Å². The molecule has 17 heavy (non-hydrogen) atoms. The van der Waals surface area contributed by atoms with E-state index in [1.807, 2.05) is 20.9 Å². The van der Waals surface area contributed by atoms with Crippen LogP contribution in [0.5, 0.6) is 0 Å². The van der Waals surface area contributed by atoms with Gasteiger partial charge in [-0.25, -0.2) is 0 Å². The van der Waals surface area contributed by atoms with Crippen molar-refractivity contribution >= 4 is 5.91 Å². The van der Waals surface area contributed by atoms with Gasteiger partial charge < -0.3 is 15.0 Å². The van der Waals surface area contributed by atoms with Gasteiger partial charge in [-0.05, 0) is 46.1 Å². The van der Waals surface area contributed by atoms with E-state index in [2.05, 4.69) is 5.32 Å². The van der Waals surface area contributed by atoms with Crippen LogP contribution in [0.1, 0.15) is 39.5 Å². The maximum absolute atomic E-state index is 11.7. The maximum atomic E-state index is 11.7. The number of amides is 1. The zero-order valence-electron chi connectivity index (χ0n) is 11.4. The van der Waals surface area contributed by atoms with E-state index in [1.165, 1.54) is 19.3 Å². The molecular weight excluding hydrogens is 216 g/mol. The van der Waals surface area contributed by atoms with Crippen LogP contribution in [0.15, 0.2) is 0 Å². The van der Waals surface area contributed by atoms with Crippen LogP contribution in [0.2, 0.25) is 0 Å². The predicted molar refractivity (Wildman–Crippen MR) is 69.0 cm³/mol. The summed E-state index contributed by atoms with van der Waals surface area (Å²) in [5.41, 5.74) is 0. The average Bonchev–Trinajstić information content (AvgIpc) is 2.34. The molecule has 100 valence electrons. The first-order valence-corrected chi connectivity index (χ1v) is 6.69. The first-order valence-electron chi connectivity index (χ1n) is 6.69. The predicted octanol–water partition coefficient (Wildman–Crippen LogP) is 1.40. The molecule has 0 aromatic rings. The highest BCUT2D eigenvalue weighted by molar-refractivity contribution is 5.78. The second-order valence-electron chi connectivity index (χ2n) is 5.05. The molecule has 1 fully saturated rings. The number of rotatable bonds is 6. The Kier molecular flexibility index (Phi) is 6.52. The van der Waals surface area contributed by atoms with Crippen molar-refractivity contribution in [1.29, 1.82) is 0 Å². The van der Waals surface area contributed by atoms with Gasteiger partial charge in [-0.2, -0.15) is 0 Å². The van der Waals surface area contributed by atoms with Gasteiger partial charge in [0.1, 0.15) is 0 Å². The van der Waals surface area contributed by atoms with Crippen LogP contribution in [-0.4, -0.2) is 49.7 Å². The van der Waals surface area contributed by atoms with Crippen LogP contribution in [0.3, 0.4) is 0 Å². The molecule has 1 aliphatic rings. The standard InChI is InChI=1S/C13H26N2O2/c1-11(2)15(3)13(16)10-14-8-7-12-6-4-5-9-17-12/h11-12,14H,4-10H2,1-3H3. The van der Waals surface area contributed by atoms with Gasteiger partial charge >= 0.3 is 0 Å².